The van der Waals surface area contributed by atoms with Crippen molar-refractivity contribution in [1.29, 1.82) is 0 Å². The summed E-state index contributed by atoms with van der Waals surface area (Å²) < 4.78 is 6.69. The van der Waals surface area contributed by atoms with Gasteiger partial charge in [-0.25, -0.2) is 0 Å². The van der Waals surface area contributed by atoms with Crippen molar-refractivity contribution >= 4 is 50.9 Å². The van der Waals surface area contributed by atoms with Crippen molar-refractivity contribution in [3.8, 4) is 5.75 Å². The Morgan fingerprint density at radius 2 is 1.63 bits per heavy atom. The lowest BCUT2D eigenvalue weighted by atomic mass is 10.0. The van der Waals surface area contributed by atoms with E-state index >= 15 is 0 Å². The third-order valence-corrected chi connectivity index (χ3v) is 7.22. The lowest BCUT2D eigenvalue weighted by Crippen LogP contribution is -2.55. The van der Waals surface area contributed by atoms with Gasteiger partial charge in [0.2, 0.25) is 5.91 Å². The van der Waals surface area contributed by atoms with E-state index in [2.05, 4.69) is 28.2 Å². The first-order valence-electron chi connectivity index (χ1n) is 12.5. The minimum atomic E-state index is -0.784. The second-order valence-corrected chi connectivity index (χ2v) is 11.8. The van der Waals surface area contributed by atoms with Gasteiger partial charge in [-0.1, -0.05) is 72.6 Å². The Morgan fingerprint density at radius 3 is 2.24 bits per heavy atom. The second kappa shape index (κ2) is 13.5. The van der Waals surface area contributed by atoms with E-state index in [-0.39, 0.29) is 25.0 Å². The average Bonchev–Trinajstić information content (AvgIpc) is 2.86. The molecule has 202 valence electrons. The number of halogens is 3. The zero-order valence-electron chi connectivity index (χ0n) is 22.1. The Balaban J connectivity index is 1.95. The summed E-state index contributed by atoms with van der Waals surface area (Å²) in [6.45, 7) is 7.73. The molecule has 0 unspecified atom stereocenters. The number of carbonyl (C=O) groups excluding carboxylic acids is 2. The minimum Gasteiger partial charge on any atom is -0.483 e. The number of rotatable bonds is 10. The fourth-order valence-electron chi connectivity index (χ4n) is 3.95. The molecule has 3 rings (SSSR count). The molecule has 3 aromatic carbocycles. The van der Waals surface area contributed by atoms with Gasteiger partial charge in [0.15, 0.2) is 6.61 Å². The molecular formula is C30H33BrCl2N2O3. The maximum absolute atomic E-state index is 13.8. The van der Waals surface area contributed by atoms with Crippen molar-refractivity contribution in [3.63, 3.8) is 0 Å². The van der Waals surface area contributed by atoms with E-state index in [0.717, 1.165) is 27.6 Å². The number of hydrogen-bond acceptors (Lipinski definition) is 3. The van der Waals surface area contributed by atoms with Crippen LogP contribution in [0, 0.1) is 0 Å². The standard InChI is InChI=1S/C30H33BrCl2N2O3/c1-5-20-12-14-27(23(31)15-20)38-19-28(36)35(18-22-11-13-24(32)25(33)16-22)26(29(37)34-30(2,3)4)17-21-9-7-6-8-10-21/h6-16,26H,5,17-19H2,1-4H3,(H,34,37)/t26-/m1/s1. The van der Waals surface area contributed by atoms with E-state index < -0.39 is 11.6 Å². The van der Waals surface area contributed by atoms with Gasteiger partial charge in [-0.2, -0.15) is 0 Å². The Hall–Kier alpha value is -2.54. The van der Waals surface area contributed by atoms with Gasteiger partial charge in [-0.3, -0.25) is 9.59 Å². The van der Waals surface area contributed by atoms with Crippen molar-refractivity contribution in [3.05, 3.63) is 97.9 Å². The van der Waals surface area contributed by atoms with Crippen LogP contribution in [-0.4, -0.2) is 34.9 Å². The number of nitrogens with zero attached hydrogens (tertiary/aromatic N) is 1. The van der Waals surface area contributed by atoms with Crippen LogP contribution >= 0.6 is 39.1 Å². The molecule has 1 atom stereocenters. The highest BCUT2D eigenvalue weighted by atomic mass is 79.9. The summed E-state index contributed by atoms with van der Waals surface area (Å²) in [7, 11) is 0. The lowest BCUT2D eigenvalue weighted by Gasteiger charge is -2.34. The van der Waals surface area contributed by atoms with Crippen LogP contribution in [0.5, 0.6) is 5.75 Å². The van der Waals surface area contributed by atoms with E-state index in [4.69, 9.17) is 27.9 Å². The third-order valence-electron chi connectivity index (χ3n) is 5.86. The SMILES string of the molecule is CCc1ccc(OCC(=O)N(Cc2ccc(Cl)c(Cl)c2)[C@H](Cc2ccccc2)C(=O)NC(C)(C)C)c(Br)c1. The minimum absolute atomic E-state index is 0.157. The molecule has 8 heteroatoms. The van der Waals surface area contributed by atoms with Crippen LogP contribution in [-0.2, 0) is 29.0 Å². The highest BCUT2D eigenvalue weighted by Crippen LogP contribution is 2.27. The fraction of sp³-hybridized carbons (Fsp3) is 0.333. The summed E-state index contributed by atoms with van der Waals surface area (Å²) in [6, 6.07) is 19.8. The average molecular weight is 620 g/mol. The molecule has 0 radical (unpaired) electrons. The number of nitrogens with one attached hydrogen (secondary N) is 1. The van der Waals surface area contributed by atoms with E-state index in [1.165, 1.54) is 0 Å². The highest BCUT2D eigenvalue weighted by molar-refractivity contribution is 9.10. The van der Waals surface area contributed by atoms with E-state index in [1.54, 1.807) is 23.1 Å². The first-order chi connectivity index (χ1) is 18.0. The maximum atomic E-state index is 13.8. The second-order valence-electron chi connectivity index (χ2n) is 10.1. The number of benzene rings is 3. The quantitative estimate of drug-likeness (QED) is 0.260. The van der Waals surface area contributed by atoms with Crippen molar-refractivity contribution in [2.45, 2.75) is 58.7 Å². The predicted octanol–water partition coefficient (Wildman–Crippen LogP) is 7.25. The number of amides is 2. The Labute approximate surface area is 243 Å². The monoisotopic (exact) mass is 618 g/mol. The summed E-state index contributed by atoms with van der Waals surface area (Å²) in [6.07, 6.45) is 1.23. The van der Waals surface area contributed by atoms with Gasteiger partial charge in [-0.15, -0.1) is 0 Å². The largest absolute Gasteiger partial charge is 0.483 e. The Kier molecular flexibility index (Phi) is 10.7. The van der Waals surface area contributed by atoms with Crippen LogP contribution in [0.15, 0.2) is 71.2 Å². The molecule has 0 aromatic heterocycles. The molecule has 3 aromatic rings. The third kappa shape index (κ3) is 8.75. The van der Waals surface area contributed by atoms with Gasteiger partial charge in [0.1, 0.15) is 11.8 Å². The van der Waals surface area contributed by atoms with Crippen LogP contribution in [0.3, 0.4) is 0 Å². The molecule has 5 nitrogen and oxygen atoms in total. The van der Waals surface area contributed by atoms with Crippen molar-refractivity contribution in [1.82, 2.24) is 10.2 Å². The fourth-order valence-corrected chi connectivity index (χ4v) is 4.81. The molecule has 0 saturated heterocycles. The molecule has 0 aliphatic carbocycles. The molecule has 0 heterocycles. The molecule has 0 aliphatic rings. The van der Waals surface area contributed by atoms with E-state index in [1.807, 2.05) is 69.3 Å². The summed E-state index contributed by atoms with van der Waals surface area (Å²) in [5.74, 6) is -0.0143. The first-order valence-corrected chi connectivity index (χ1v) is 14.0. The summed E-state index contributed by atoms with van der Waals surface area (Å²) >= 11 is 15.9. The molecule has 0 spiro atoms. The zero-order valence-corrected chi connectivity index (χ0v) is 25.2. The molecule has 0 fully saturated rings. The number of hydrogen-bond donors (Lipinski definition) is 1. The molecule has 0 saturated carbocycles. The topological polar surface area (TPSA) is 58.6 Å². The first kappa shape index (κ1) is 30.0. The van der Waals surface area contributed by atoms with Crippen LogP contribution < -0.4 is 10.1 Å². The molecule has 2 amide bonds. The molecule has 1 N–H and O–H groups in total. The number of carbonyl (C=O) groups is 2. The molecular weight excluding hydrogens is 587 g/mol. The van der Waals surface area contributed by atoms with Gasteiger partial charge in [0.25, 0.3) is 5.91 Å². The molecule has 0 bridgehead atoms. The van der Waals surface area contributed by atoms with Gasteiger partial charge >= 0.3 is 0 Å². The van der Waals surface area contributed by atoms with Crippen LogP contribution in [0.1, 0.15) is 44.4 Å². The smallest absolute Gasteiger partial charge is 0.261 e. The van der Waals surface area contributed by atoms with Gasteiger partial charge < -0.3 is 15.0 Å². The normalized spacial score (nSPS) is 12.1. The Morgan fingerprint density at radius 1 is 0.947 bits per heavy atom. The Bertz CT molecular complexity index is 1260. The highest BCUT2D eigenvalue weighted by Gasteiger charge is 2.32. The predicted molar refractivity (Wildman–Crippen MR) is 158 cm³/mol. The van der Waals surface area contributed by atoms with Crippen molar-refractivity contribution < 1.29 is 14.3 Å². The van der Waals surface area contributed by atoms with Gasteiger partial charge in [-0.05, 0) is 84.1 Å². The summed E-state index contributed by atoms with van der Waals surface area (Å²) in [5.41, 5.74) is 2.36. The van der Waals surface area contributed by atoms with E-state index in [0.29, 0.717) is 22.2 Å². The number of aryl methyl sites for hydroxylation is 1. The van der Waals surface area contributed by atoms with Crippen molar-refractivity contribution in [2.24, 2.45) is 0 Å². The van der Waals surface area contributed by atoms with E-state index in [9.17, 15) is 9.59 Å². The van der Waals surface area contributed by atoms with Gasteiger partial charge in [0.05, 0.1) is 14.5 Å². The van der Waals surface area contributed by atoms with Crippen LogP contribution in [0.2, 0.25) is 10.0 Å². The van der Waals surface area contributed by atoms with Crippen LogP contribution in [0.25, 0.3) is 0 Å². The number of ether oxygens (including phenoxy) is 1. The molecule has 0 aliphatic heterocycles. The summed E-state index contributed by atoms with van der Waals surface area (Å²) in [5, 5.41) is 3.85. The molecule has 38 heavy (non-hydrogen) atoms. The maximum Gasteiger partial charge on any atom is 0.261 e. The summed E-state index contributed by atoms with van der Waals surface area (Å²) in [4.78, 5) is 28.9. The van der Waals surface area contributed by atoms with Crippen molar-refractivity contribution in [2.75, 3.05) is 6.61 Å². The lowest BCUT2D eigenvalue weighted by molar-refractivity contribution is -0.143. The zero-order chi connectivity index (χ0) is 27.9. The van der Waals surface area contributed by atoms with Crippen LogP contribution in [0.4, 0.5) is 0 Å². The van der Waals surface area contributed by atoms with Gasteiger partial charge in [0, 0.05) is 18.5 Å².